The number of likely N-dealkylation sites (tertiary alicyclic amines) is 1. The summed E-state index contributed by atoms with van der Waals surface area (Å²) in [6.45, 7) is 10.2. The van der Waals surface area contributed by atoms with E-state index in [1.54, 1.807) is 0 Å². The van der Waals surface area contributed by atoms with Crippen molar-refractivity contribution in [3.63, 3.8) is 0 Å². The predicted octanol–water partition coefficient (Wildman–Crippen LogP) is 3.57. The van der Waals surface area contributed by atoms with E-state index < -0.39 is 0 Å². The van der Waals surface area contributed by atoms with E-state index in [0.717, 1.165) is 18.7 Å². The average molecular weight is 247 g/mol. The van der Waals surface area contributed by atoms with Gasteiger partial charge in [-0.3, -0.25) is 4.90 Å². The van der Waals surface area contributed by atoms with Gasteiger partial charge in [0.15, 0.2) is 0 Å². The molecule has 2 unspecified atom stereocenters. The third kappa shape index (κ3) is 3.05. The second-order valence-electron chi connectivity index (χ2n) is 5.89. The Morgan fingerprint density at radius 2 is 1.78 bits per heavy atom. The first kappa shape index (κ1) is 13.4. The zero-order chi connectivity index (χ0) is 13.1. The van der Waals surface area contributed by atoms with Gasteiger partial charge in [0, 0.05) is 25.0 Å². The molecular formula is C16H25NO. The van der Waals surface area contributed by atoms with Crippen LogP contribution in [0.5, 0.6) is 5.75 Å². The van der Waals surface area contributed by atoms with Gasteiger partial charge >= 0.3 is 0 Å². The molecule has 2 rings (SSSR count). The molecule has 0 aromatic heterocycles. The van der Waals surface area contributed by atoms with Gasteiger partial charge < -0.3 is 4.74 Å². The lowest BCUT2D eigenvalue weighted by molar-refractivity contribution is 0.155. The molecule has 18 heavy (non-hydrogen) atoms. The second-order valence-corrected chi connectivity index (χ2v) is 5.89. The number of para-hydroxylation sites is 1. The van der Waals surface area contributed by atoms with E-state index in [1.165, 1.54) is 0 Å². The van der Waals surface area contributed by atoms with E-state index in [4.69, 9.17) is 4.74 Å². The predicted molar refractivity (Wildman–Crippen MR) is 75.9 cm³/mol. The number of hydrogen-bond donors (Lipinski definition) is 0. The summed E-state index contributed by atoms with van der Waals surface area (Å²) < 4.78 is 6.09. The van der Waals surface area contributed by atoms with Gasteiger partial charge in [0.2, 0.25) is 0 Å². The van der Waals surface area contributed by atoms with Gasteiger partial charge in [-0.05, 0) is 31.9 Å². The molecule has 1 heterocycles. The highest BCUT2D eigenvalue weighted by Gasteiger charge is 2.36. The Labute approximate surface area is 111 Å². The first-order valence-electron chi connectivity index (χ1n) is 7.05. The monoisotopic (exact) mass is 247 g/mol. The number of ether oxygens (including phenoxy) is 1. The van der Waals surface area contributed by atoms with Gasteiger partial charge in [0.1, 0.15) is 11.9 Å². The van der Waals surface area contributed by atoms with Gasteiger partial charge in [-0.2, -0.15) is 0 Å². The molecule has 0 saturated carbocycles. The molecule has 1 fully saturated rings. The molecule has 0 aliphatic carbocycles. The van der Waals surface area contributed by atoms with E-state index in [1.807, 2.05) is 30.3 Å². The third-order valence-electron chi connectivity index (χ3n) is 3.82. The van der Waals surface area contributed by atoms with Crippen molar-refractivity contribution >= 4 is 0 Å². The second kappa shape index (κ2) is 5.75. The van der Waals surface area contributed by atoms with Gasteiger partial charge in [-0.1, -0.05) is 32.0 Å². The van der Waals surface area contributed by atoms with Crippen LogP contribution in [-0.4, -0.2) is 29.6 Å². The smallest absolute Gasteiger partial charge is 0.119 e. The topological polar surface area (TPSA) is 12.5 Å². The van der Waals surface area contributed by atoms with Crippen molar-refractivity contribution in [2.75, 3.05) is 6.54 Å². The van der Waals surface area contributed by atoms with Crippen LogP contribution < -0.4 is 4.74 Å². The summed E-state index contributed by atoms with van der Waals surface area (Å²) in [6.07, 6.45) is 1.48. The highest BCUT2D eigenvalue weighted by Crippen LogP contribution is 2.28. The molecule has 0 spiro atoms. The van der Waals surface area contributed by atoms with Crippen molar-refractivity contribution in [3.05, 3.63) is 30.3 Å². The van der Waals surface area contributed by atoms with Gasteiger partial charge in [-0.15, -0.1) is 0 Å². The van der Waals surface area contributed by atoms with Crippen LogP contribution in [0.4, 0.5) is 0 Å². The van der Waals surface area contributed by atoms with Gasteiger partial charge in [0.05, 0.1) is 0 Å². The molecule has 0 amide bonds. The lowest BCUT2D eigenvalue weighted by Crippen LogP contribution is -2.38. The molecule has 0 bridgehead atoms. The highest BCUT2D eigenvalue weighted by molar-refractivity contribution is 5.21. The van der Waals surface area contributed by atoms with Crippen molar-refractivity contribution in [2.45, 2.75) is 52.3 Å². The molecule has 1 aromatic rings. The summed E-state index contributed by atoms with van der Waals surface area (Å²) in [7, 11) is 0. The Morgan fingerprint density at radius 1 is 1.11 bits per heavy atom. The maximum Gasteiger partial charge on any atom is 0.119 e. The Morgan fingerprint density at radius 3 is 2.28 bits per heavy atom. The van der Waals surface area contributed by atoms with E-state index in [-0.39, 0.29) is 0 Å². The quantitative estimate of drug-likeness (QED) is 0.806. The Balaban J connectivity index is 2.00. The molecule has 1 aromatic carbocycles. The Hall–Kier alpha value is -1.02. The molecule has 1 aliphatic rings. The number of rotatable bonds is 4. The molecule has 0 radical (unpaired) electrons. The van der Waals surface area contributed by atoms with E-state index in [9.17, 15) is 0 Å². The maximum absolute atomic E-state index is 6.09. The first-order chi connectivity index (χ1) is 8.58. The van der Waals surface area contributed by atoms with Crippen LogP contribution in [0, 0.1) is 5.92 Å². The summed E-state index contributed by atoms with van der Waals surface area (Å²) in [5, 5.41) is 0. The van der Waals surface area contributed by atoms with E-state index in [0.29, 0.717) is 24.1 Å². The van der Waals surface area contributed by atoms with Crippen LogP contribution in [0.25, 0.3) is 0 Å². The minimum Gasteiger partial charge on any atom is -0.489 e. The van der Waals surface area contributed by atoms with Crippen molar-refractivity contribution < 1.29 is 4.74 Å². The molecule has 2 nitrogen and oxygen atoms in total. The van der Waals surface area contributed by atoms with Crippen molar-refractivity contribution in [3.8, 4) is 5.75 Å². The maximum atomic E-state index is 6.09. The van der Waals surface area contributed by atoms with E-state index >= 15 is 0 Å². The van der Waals surface area contributed by atoms with Crippen LogP contribution in [0.2, 0.25) is 0 Å². The highest BCUT2D eigenvalue weighted by atomic mass is 16.5. The molecule has 100 valence electrons. The normalized spacial score (nSPS) is 25.0. The Kier molecular flexibility index (Phi) is 4.28. The summed E-state index contributed by atoms with van der Waals surface area (Å²) in [5.74, 6) is 1.69. The number of benzene rings is 1. The number of hydrogen-bond acceptors (Lipinski definition) is 2. The average Bonchev–Trinajstić information content (AvgIpc) is 2.74. The fraction of sp³-hybridized carbons (Fsp3) is 0.625. The van der Waals surface area contributed by atoms with Gasteiger partial charge in [0.25, 0.3) is 0 Å². The van der Waals surface area contributed by atoms with Crippen molar-refractivity contribution in [1.29, 1.82) is 0 Å². The van der Waals surface area contributed by atoms with Crippen LogP contribution in [0.1, 0.15) is 34.1 Å². The van der Waals surface area contributed by atoms with E-state index in [2.05, 4.69) is 32.6 Å². The van der Waals surface area contributed by atoms with Crippen LogP contribution in [-0.2, 0) is 0 Å². The molecule has 1 aliphatic heterocycles. The van der Waals surface area contributed by atoms with Crippen molar-refractivity contribution in [2.24, 2.45) is 5.92 Å². The third-order valence-corrected chi connectivity index (χ3v) is 3.82. The number of nitrogens with zero attached hydrogens (tertiary/aromatic N) is 1. The zero-order valence-electron chi connectivity index (χ0n) is 12.0. The standard InChI is InChI=1S/C16H25NO/c1-12(2)16-10-15(11-17(16)13(3)4)18-14-8-6-5-7-9-14/h5-9,12-13,15-16H,10-11H2,1-4H3. The SMILES string of the molecule is CC(C)C1CC(Oc2ccccc2)CN1C(C)C. The molecule has 0 N–H and O–H groups in total. The van der Waals surface area contributed by atoms with Gasteiger partial charge in [-0.25, -0.2) is 0 Å². The molecule has 2 atom stereocenters. The van der Waals surface area contributed by atoms with Crippen LogP contribution >= 0.6 is 0 Å². The summed E-state index contributed by atoms with van der Waals surface area (Å²) in [5.41, 5.74) is 0. The summed E-state index contributed by atoms with van der Waals surface area (Å²) in [4.78, 5) is 2.58. The summed E-state index contributed by atoms with van der Waals surface area (Å²) >= 11 is 0. The Bertz CT molecular complexity index is 345. The largest absolute Gasteiger partial charge is 0.489 e. The fourth-order valence-electron chi connectivity index (χ4n) is 2.88. The molecular weight excluding hydrogens is 222 g/mol. The first-order valence-corrected chi connectivity index (χ1v) is 7.05. The lowest BCUT2D eigenvalue weighted by atomic mass is 10.0. The van der Waals surface area contributed by atoms with Crippen LogP contribution in [0.15, 0.2) is 30.3 Å². The molecule has 2 heteroatoms. The minimum atomic E-state index is 0.335. The molecule has 1 saturated heterocycles. The van der Waals surface area contributed by atoms with Crippen LogP contribution in [0.3, 0.4) is 0 Å². The van der Waals surface area contributed by atoms with Crippen molar-refractivity contribution in [1.82, 2.24) is 4.90 Å². The lowest BCUT2D eigenvalue weighted by Gasteiger charge is -2.30. The zero-order valence-corrected chi connectivity index (χ0v) is 12.0. The minimum absolute atomic E-state index is 0.335. The summed E-state index contributed by atoms with van der Waals surface area (Å²) in [6, 6.07) is 11.4. The fourth-order valence-corrected chi connectivity index (χ4v) is 2.88.